The molecule has 0 heterocycles. The molecule has 0 aliphatic heterocycles. The molecule has 0 spiro atoms. The quantitative estimate of drug-likeness (QED) is 0.358. The lowest BCUT2D eigenvalue weighted by atomic mass is 9.72. The molecule has 3 aliphatic rings. The predicted molar refractivity (Wildman–Crippen MR) is 139 cm³/mol. The van der Waals surface area contributed by atoms with Crippen LogP contribution in [0.3, 0.4) is 0 Å². The maximum absolute atomic E-state index is 13.7. The molecule has 2 bridgehead atoms. The van der Waals surface area contributed by atoms with E-state index < -0.39 is 62.0 Å². The van der Waals surface area contributed by atoms with Crippen LogP contribution in [0.5, 0.6) is 0 Å². The molecule has 3 aliphatic carbocycles. The zero-order valence-electron chi connectivity index (χ0n) is 21.2. The van der Waals surface area contributed by atoms with Gasteiger partial charge in [0.25, 0.3) is 5.91 Å². The maximum Gasteiger partial charge on any atom is 0.255 e. The predicted octanol–water partition coefficient (Wildman–Crippen LogP) is 3.73. The molecule has 216 valence electrons. The SMILES string of the molecule is O=C(CC1(O)C2CCC1CC(S(=O)(=O)c1cc(C(=O)Nc3cc(F)c(F)c(F)c3)ccc1Cl)C2)N[C@H]1C[C@H](O)C1. The monoisotopic (exact) mass is 600 g/mol. The van der Waals surface area contributed by atoms with Gasteiger partial charge in [0.15, 0.2) is 27.3 Å². The Kier molecular flexibility index (Phi) is 7.66. The minimum Gasteiger partial charge on any atom is -0.393 e. The number of anilines is 1. The highest BCUT2D eigenvalue weighted by molar-refractivity contribution is 7.92. The van der Waals surface area contributed by atoms with E-state index >= 15 is 0 Å². The van der Waals surface area contributed by atoms with Crippen molar-refractivity contribution in [1.29, 1.82) is 0 Å². The van der Waals surface area contributed by atoms with E-state index in [0.717, 1.165) is 6.07 Å². The number of nitrogens with one attached hydrogen (secondary N) is 2. The van der Waals surface area contributed by atoms with Gasteiger partial charge >= 0.3 is 0 Å². The van der Waals surface area contributed by atoms with Crippen molar-refractivity contribution >= 4 is 38.9 Å². The minimum absolute atomic E-state index is 0.103. The fraction of sp³-hybridized carbons (Fsp3) is 0.481. The molecule has 2 aromatic carbocycles. The molecule has 0 radical (unpaired) electrons. The molecule has 2 unspecified atom stereocenters. The van der Waals surface area contributed by atoms with Crippen LogP contribution in [0.15, 0.2) is 35.2 Å². The van der Waals surface area contributed by atoms with Gasteiger partial charge in [-0.25, -0.2) is 21.6 Å². The summed E-state index contributed by atoms with van der Waals surface area (Å²) in [6.45, 7) is 0. The van der Waals surface area contributed by atoms with E-state index in [1.54, 1.807) is 0 Å². The summed E-state index contributed by atoms with van der Waals surface area (Å²) in [7, 11) is -4.09. The standard InChI is InChI=1S/C27H28ClF3N2O6S/c28-20-4-1-13(26(36)33-17-10-21(29)25(31)22(30)11-17)5-23(20)40(38,39)19-6-14-2-3-15(7-19)27(14,37)12-24(35)32-16-8-18(34)9-16/h1,4-5,10-11,14-16,18-19,34,37H,2-3,6-9,12H2,(H,32,35)(H,33,36)/t14?,15?,16-,18-,19?,27?. The van der Waals surface area contributed by atoms with Crippen molar-refractivity contribution in [3.05, 3.63) is 58.4 Å². The highest BCUT2D eigenvalue weighted by Crippen LogP contribution is 2.53. The first kappa shape index (κ1) is 28.8. The first-order chi connectivity index (χ1) is 18.8. The fourth-order valence-corrected chi connectivity index (χ4v) is 8.67. The lowest BCUT2D eigenvalue weighted by Crippen LogP contribution is -2.53. The number of sulfone groups is 1. The van der Waals surface area contributed by atoms with Crippen LogP contribution in [0, 0.1) is 29.3 Å². The summed E-state index contributed by atoms with van der Waals surface area (Å²) in [5, 5.41) is 24.9. The van der Waals surface area contributed by atoms with Crippen LogP contribution >= 0.6 is 11.6 Å². The van der Waals surface area contributed by atoms with E-state index in [-0.39, 0.29) is 52.4 Å². The summed E-state index contributed by atoms with van der Waals surface area (Å²) in [5.41, 5.74) is -1.86. The van der Waals surface area contributed by atoms with Crippen LogP contribution in [0.2, 0.25) is 5.02 Å². The van der Waals surface area contributed by atoms with Crippen molar-refractivity contribution < 1.29 is 41.4 Å². The molecule has 0 aromatic heterocycles. The Morgan fingerprint density at radius 3 is 2.17 bits per heavy atom. The molecule has 5 rings (SSSR count). The van der Waals surface area contributed by atoms with Crippen LogP contribution in [0.1, 0.15) is 55.3 Å². The lowest BCUT2D eigenvalue weighted by molar-refractivity contribution is -0.134. The van der Waals surface area contributed by atoms with Crippen molar-refractivity contribution in [1.82, 2.24) is 5.32 Å². The number of amides is 2. The van der Waals surface area contributed by atoms with Crippen molar-refractivity contribution in [3.8, 4) is 0 Å². The number of rotatable bonds is 7. The zero-order valence-corrected chi connectivity index (χ0v) is 22.7. The molecule has 13 heteroatoms. The topological polar surface area (TPSA) is 133 Å². The van der Waals surface area contributed by atoms with E-state index in [2.05, 4.69) is 10.6 Å². The molecule has 2 atom stereocenters. The van der Waals surface area contributed by atoms with Gasteiger partial charge < -0.3 is 20.8 Å². The van der Waals surface area contributed by atoms with Gasteiger partial charge in [-0.15, -0.1) is 0 Å². The number of carbonyl (C=O) groups excluding carboxylic acids is 2. The average Bonchev–Trinajstić information content (AvgIpc) is 3.02. The number of halogens is 4. The average molecular weight is 601 g/mol. The third-order valence-electron chi connectivity index (χ3n) is 8.47. The molecule has 2 amide bonds. The van der Waals surface area contributed by atoms with Gasteiger partial charge in [-0.2, -0.15) is 0 Å². The molecule has 40 heavy (non-hydrogen) atoms. The molecule has 3 saturated carbocycles. The Balaban J connectivity index is 1.31. The van der Waals surface area contributed by atoms with E-state index in [0.29, 0.717) is 37.8 Å². The molecule has 0 saturated heterocycles. The van der Waals surface area contributed by atoms with Gasteiger partial charge in [-0.05, 0) is 68.6 Å². The Labute approximate surface area is 233 Å². The van der Waals surface area contributed by atoms with Crippen LogP contribution in [-0.2, 0) is 14.6 Å². The van der Waals surface area contributed by atoms with Gasteiger partial charge in [0, 0.05) is 29.4 Å². The summed E-state index contributed by atoms with van der Waals surface area (Å²) in [4.78, 5) is 25.0. The van der Waals surface area contributed by atoms with E-state index in [4.69, 9.17) is 11.6 Å². The number of hydrogen-bond acceptors (Lipinski definition) is 6. The third-order valence-corrected chi connectivity index (χ3v) is 11.1. The Morgan fingerprint density at radius 1 is 1.00 bits per heavy atom. The smallest absolute Gasteiger partial charge is 0.255 e. The first-order valence-corrected chi connectivity index (χ1v) is 14.9. The largest absolute Gasteiger partial charge is 0.393 e. The number of hydrogen-bond donors (Lipinski definition) is 4. The summed E-state index contributed by atoms with van der Waals surface area (Å²) in [6.07, 6.45) is 1.67. The fourth-order valence-electron chi connectivity index (χ4n) is 6.27. The number of benzene rings is 2. The molecule has 3 fully saturated rings. The van der Waals surface area contributed by atoms with Gasteiger partial charge in [0.1, 0.15) is 0 Å². The molecule has 4 N–H and O–H groups in total. The second-order valence-corrected chi connectivity index (χ2v) is 13.6. The number of fused-ring (bicyclic) bond motifs is 2. The van der Waals surface area contributed by atoms with Gasteiger partial charge in [0.2, 0.25) is 5.91 Å². The second-order valence-electron chi connectivity index (χ2n) is 11.0. The maximum atomic E-state index is 13.7. The molecule has 2 aromatic rings. The highest BCUT2D eigenvalue weighted by Gasteiger charge is 2.56. The minimum atomic E-state index is -4.09. The summed E-state index contributed by atoms with van der Waals surface area (Å²) >= 11 is 6.24. The Morgan fingerprint density at radius 2 is 1.60 bits per heavy atom. The van der Waals surface area contributed by atoms with E-state index in [1.165, 1.54) is 12.1 Å². The Bertz CT molecular complexity index is 1430. The van der Waals surface area contributed by atoms with Crippen LogP contribution in [0.4, 0.5) is 18.9 Å². The third kappa shape index (κ3) is 5.34. The Hall–Kier alpha value is -2.67. The summed E-state index contributed by atoms with van der Waals surface area (Å²) in [5.74, 6) is -6.77. The van der Waals surface area contributed by atoms with Crippen molar-refractivity contribution in [2.75, 3.05) is 5.32 Å². The number of carbonyl (C=O) groups is 2. The van der Waals surface area contributed by atoms with Gasteiger partial charge in [-0.3, -0.25) is 9.59 Å². The normalized spacial score (nSPS) is 29.5. The van der Waals surface area contributed by atoms with E-state index in [9.17, 15) is 41.4 Å². The molecular weight excluding hydrogens is 573 g/mol. The zero-order chi connectivity index (χ0) is 29.0. The van der Waals surface area contributed by atoms with Crippen LogP contribution in [0.25, 0.3) is 0 Å². The number of aliphatic hydroxyl groups excluding tert-OH is 1. The first-order valence-electron chi connectivity index (χ1n) is 13.0. The lowest BCUT2D eigenvalue weighted by Gasteiger charge is -2.42. The van der Waals surface area contributed by atoms with Crippen LogP contribution < -0.4 is 10.6 Å². The van der Waals surface area contributed by atoms with Gasteiger partial charge in [0.05, 0.1) is 33.3 Å². The van der Waals surface area contributed by atoms with Crippen molar-refractivity contribution in [3.63, 3.8) is 0 Å². The highest BCUT2D eigenvalue weighted by atomic mass is 35.5. The molecule has 8 nitrogen and oxygen atoms in total. The second kappa shape index (κ2) is 10.6. The van der Waals surface area contributed by atoms with E-state index in [1.807, 2.05) is 0 Å². The van der Waals surface area contributed by atoms with Gasteiger partial charge in [-0.1, -0.05) is 11.6 Å². The molecular formula is C27H28ClF3N2O6S. The van der Waals surface area contributed by atoms with Crippen molar-refractivity contribution in [2.45, 2.75) is 72.8 Å². The van der Waals surface area contributed by atoms with Crippen LogP contribution in [-0.4, -0.2) is 53.4 Å². The van der Waals surface area contributed by atoms with Crippen molar-refractivity contribution in [2.24, 2.45) is 11.8 Å². The number of aliphatic hydroxyl groups is 2. The summed E-state index contributed by atoms with van der Waals surface area (Å²) < 4.78 is 67.7. The summed E-state index contributed by atoms with van der Waals surface area (Å²) in [6, 6.07) is 4.61.